The Kier molecular flexibility index (Phi) is 4.15. The van der Waals surface area contributed by atoms with Crippen LogP contribution < -0.4 is 20.9 Å². The topological polar surface area (TPSA) is 70.5 Å². The summed E-state index contributed by atoms with van der Waals surface area (Å²) in [6.07, 6.45) is 0. The van der Waals surface area contributed by atoms with E-state index in [2.05, 4.69) is 0 Å². The maximum Gasteiger partial charge on any atom is 0.118 e. The van der Waals surface area contributed by atoms with Gasteiger partial charge in [0.2, 0.25) is 0 Å². The van der Waals surface area contributed by atoms with Crippen molar-refractivity contribution in [1.29, 1.82) is 0 Å². The Morgan fingerprint density at radius 3 is 1.20 bits per heavy atom. The summed E-state index contributed by atoms with van der Waals surface area (Å²) in [6, 6.07) is 14.9. The van der Waals surface area contributed by atoms with Crippen LogP contribution in [-0.4, -0.2) is 14.2 Å². The Balaban J connectivity index is 2.32. The molecule has 4 nitrogen and oxygen atoms in total. The molecule has 0 fully saturated rings. The molecular weight excluding hydrogens is 252 g/mol. The summed E-state index contributed by atoms with van der Waals surface area (Å²) < 4.78 is 10.2. The normalized spacial score (nSPS) is 11.7. The fourth-order valence-electron chi connectivity index (χ4n) is 1.85. The number of hydrogen-bond acceptors (Lipinski definition) is 4. The molecule has 0 aromatic heterocycles. The summed E-state index contributed by atoms with van der Waals surface area (Å²) in [4.78, 5) is 0. The highest BCUT2D eigenvalue weighted by Gasteiger charge is 2.06. The summed E-state index contributed by atoms with van der Waals surface area (Å²) in [7, 11) is 3.25. The molecule has 104 valence electrons. The number of rotatable bonds is 4. The van der Waals surface area contributed by atoms with Crippen LogP contribution in [0.25, 0.3) is 11.4 Å². The molecule has 0 spiro atoms. The van der Waals surface area contributed by atoms with Gasteiger partial charge in [-0.05, 0) is 59.7 Å². The minimum atomic E-state index is 0.540. The van der Waals surface area contributed by atoms with Crippen molar-refractivity contribution in [3.63, 3.8) is 0 Å². The number of benzene rings is 2. The highest BCUT2D eigenvalue weighted by molar-refractivity contribution is 5.87. The van der Waals surface area contributed by atoms with Crippen molar-refractivity contribution in [3.8, 4) is 11.5 Å². The van der Waals surface area contributed by atoms with Gasteiger partial charge in [0.15, 0.2) is 0 Å². The second-order valence-electron chi connectivity index (χ2n) is 4.28. The first-order chi connectivity index (χ1) is 9.65. The van der Waals surface area contributed by atoms with Gasteiger partial charge >= 0.3 is 0 Å². The highest BCUT2D eigenvalue weighted by Crippen LogP contribution is 2.22. The van der Waals surface area contributed by atoms with Crippen molar-refractivity contribution < 1.29 is 9.47 Å². The molecule has 2 rings (SSSR count). The van der Waals surface area contributed by atoms with Crippen molar-refractivity contribution in [2.24, 2.45) is 11.5 Å². The SMILES string of the molecule is COc1ccc(/C(N)=C(\N)c2ccc(OC)cc2)cc1. The summed E-state index contributed by atoms with van der Waals surface area (Å²) in [6.45, 7) is 0. The molecule has 0 heterocycles. The highest BCUT2D eigenvalue weighted by atomic mass is 16.5. The van der Waals surface area contributed by atoms with E-state index in [1.807, 2.05) is 48.5 Å². The van der Waals surface area contributed by atoms with E-state index in [1.165, 1.54) is 0 Å². The quantitative estimate of drug-likeness (QED) is 0.837. The van der Waals surface area contributed by atoms with Crippen LogP contribution in [0.15, 0.2) is 48.5 Å². The molecule has 0 aliphatic heterocycles. The van der Waals surface area contributed by atoms with E-state index in [9.17, 15) is 0 Å². The molecule has 0 bridgehead atoms. The molecule has 0 aliphatic rings. The zero-order chi connectivity index (χ0) is 14.5. The van der Waals surface area contributed by atoms with Crippen LogP contribution in [0.2, 0.25) is 0 Å². The molecule has 0 unspecified atom stereocenters. The third-order valence-corrected chi connectivity index (χ3v) is 3.09. The standard InChI is InChI=1S/C16H18N2O2/c1-19-13-7-3-11(4-8-13)15(17)16(18)12-5-9-14(20-2)10-6-12/h3-10H,17-18H2,1-2H3/b16-15+. The third kappa shape index (κ3) is 2.85. The van der Waals surface area contributed by atoms with Crippen molar-refractivity contribution in [3.05, 3.63) is 59.7 Å². The number of methoxy groups -OCH3 is 2. The zero-order valence-corrected chi connectivity index (χ0v) is 11.6. The van der Waals surface area contributed by atoms with E-state index in [0.29, 0.717) is 11.4 Å². The smallest absolute Gasteiger partial charge is 0.118 e. The Morgan fingerprint density at radius 2 is 0.950 bits per heavy atom. The Hall–Kier alpha value is -2.62. The van der Waals surface area contributed by atoms with Crippen molar-refractivity contribution >= 4 is 11.4 Å². The number of hydrogen-bond donors (Lipinski definition) is 2. The molecular formula is C16H18N2O2. The van der Waals surface area contributed by atoms with E-state index in [4.69, 9.17) is 20.9 Å². The van der Waals surface area contributed by atoms with Crippen LogP contribution in [0.5, 0.6) is 11.5 Å². The van der Waals surface area contributed by atoms with Crippen molar-refractivity contribution in [2.45, 2.75) is 0 Å². The number of nitrogens with two attached hydrogens (primary N) is 2. The summed E-state index contributed by atoms with van der Waals surface area (Å²) in [5.74, 6) is 1.56. The Morgan fingerprint density at radius 1 is 0.650 bits per heavy atom. The summed E-state index contributed by atoms with van der Waals surface area (Å²) >= 11 is 0. The molecule has 2 aromatic carbocycles. The minimum absolute atomic E-state index is 0.540. The molecule has 0 saturated heterocycles. The lowest BCUT2D eigenvalue weighted by Gasteiger charge is -2.09. The zero-order valence-electron chi connectivity index (χ0n) is 11.6. The first kappa shape index (κ1) is 13.8. The van der Waals surface area contributed by atoms with Gasteiger partial charge in [0.05, 0.1) is 25.6 Å². The van der Waals surface area contributed by atoms with Crippen LogP contribution in [0, 0.1) is 0 Å². The fourth-order valence-corrected chi connectivity index (χ4v) is 1.85. The molecule has 0 atom stereocenters. The van der Waals surface area contributed by atoms with Gasteiger partial charge in [-0.2, -0.15) is 0 Å². The van der Waals surface area contributed by atoms with E-state index >= 15 is 0 Å². The molecule has 20 heavy (non-hydrogen) atoms. The average molecular weight is 270 g/mol. The van der Waals surface area contributed by atoms with Crippen molar-refractivity contribution in [1.82, 2.24) is 0 Å². The monoisotopic (exact) mass is 270 g/mol. The Labute approximate surface area is 118 Å². The Bertz CT molecular complexity index is 546. The molecule has 4 N–H and O–H groups in total. The third-order valence-electron chi connectivity index (χ3n) is 3.09. The molecule has 0 amide bonds. The molecule has 0 saturated carbocycles. The van der Waals surface area contributed by atoms with Crippen LogP contribution >= 0.6 is 0 Å². The van der Waals surface area contributed by atoms with Gasteiger partial charge in [0, 0.05) is 0 Å². The van der Waals surface area contributed by atoms with E-state index in [1.54, 1.807) is 14.2 Å². The lowest BCUT2D eigenvalue weighted by atomic mass is 10.1. The van der Waals surface area contributed by atoms with Gasteiger partial charge in [-0.25, -0.2) is 0 Å². The minimum Gasteiger partial charge on any atom is -0.497 e. The predicted molar refractivity (Wildman–Crippen MR) is 81.2 cm³/mol. The second-order valence-corrected chi connectivity index (χ2v) is 4.28. The molecule has 4 heteroatoms. The summed E-state index contributed by atoms with van der Waals surface area (Å²) in [5.41, 5.74) is 15.0. The van der Waals surface area contributed by atoms with Crippen LogP contribution in [0.1, 0.15) is 11.1 Å². The van der Waals surface area contributed by atoms with Crippen LogP contribution in [0.3, 0.4) is 0 Å². The van der Waals surface area contributed by atoms with Crippen LogP contribution in [0.4, 0.5) is 0 Å². The predicted octanol–water partition coefficient (Wildman–Crippen LogP) is 2.45. The van der Waals surface area contributed by atoms with Gasteiger partial charge in [0.25, 0.3) is 0 Å². The first-order valence-electron chi connectivity index (χ1n) is 6.19. The first-order valence-corrected chi connectivity index (χ1v) is 6.19. The largest absolute Gasteiger partial charge is 0.497 e. The average Bonchev–Trinajstić information content (AvgIpc) is 2.53. The van der Waals surface area contributed by atoms with E-state index in [0.717, 1.165) is 22.6 Å². The number of ether oxygens (including phenoxy) is 2. The summed E-state index contributed by atoms with van der Waals surface area (Å²) in [5, 5.41) is 0. The van der Waals surface area contributed by atoms with E-state index < -0.39 is 0 Å². The van der Waals surface area contributed by atoms with Gasteiger partial charge in [0.1, 0.15) is 11.5 Å². The molecule has 0 radical (unpaired) electrons. The van der Waals surface area contributed by atoms with Gasteiger partial charge < -0.3 is 20.9 Å². The van der Waals surface area contributed by atoms with E-state index in [-0.39, 0.29) is 0 Å². The molecule has 2 aromatic rings. The van der Waals surface area contributed by atoms with Crippen LogP contribution in [-0.2, 0) is 0 Å². The fraction of sp³-hybridized carbons (Fsp3) is 0.125. The lowest BCUT2D eigenvalue weighted by molar-refractivity contribution is 0.414. The lowest BCUT2D eigenvalue weighted by Crippen LogP contribution is -2.07. The van der Waals surface area contributed by atoms with Gasteiger partial charge in [-0.15, -0.1) is 0 Å². The molecule has 0 aliphatic carbocycles. The van der Waals surface area contributed by atoms with Crippen molar-refractivity contribution in [2.75, 3.05) is 14.2 Å². The second kappa shape index (κ2) is 6.02. The van der Waals surface area contributed by atoms with Gasteiger partial charge in [-0.1, -0.05) is 0 Å². The van der Waals surface area contributed by atoms with Gasteiger partial charge in [-0.3, -0.25) is 0 Å². The maximum absolute atomic E-state index is 6.12. The maximum atomic E-state index is 6.12.